The number of aromatic nitrogens is 2. The first-order chi connectivity index (χ1) is 18.5. The molecule has 0 unspecified atom stereocenters. The lowest BCUT2D eigenvalue weighted by molar-refractivity contribution is 0.0940. The van der Waals surface area contributed by atoms with Crippen LogP contribution >= 0.6 is 11.6 Å². The summed E-state index contributed by atoms with van der Waals surface area (Å²) in [5.41, 5.74) is 3.38. The minimum absolute atomic E-state index is 0.166. The summed E-state index contributed by atoms with van der Waals surface area (Å²) in [6.45, 7) is 0.334. The number of hydrogen-bond acceptors (Lipinski definition) is 6. The predicted molar refractivity (Wildman–Crippen MR) is 143 cm³/mol. The van der Waals surface area contributed by atoms with Gasteiger partial charge in [0.05, 0.1) is 35.5 Å². The zero-order valence-corrected chi connectivity index (χ0v) is 22.8. The molecule has 4 N–H and O–H groups in total. The Morgan fingerprint density at radius 1 is 1.21 bits per heavy atom. The highest BCUT2D eigenvalue weighted by molar-refractivity contribution is 7.89. The van der Waals surface area contributed by atoms with Gasteiger partial charge in [-0.05, 0) is 48.6 Å². The maximum absolute atomic E-state index is 14.5. The fourth-order valence-corrected chi connectivity index (χ4v) is 5.60. The summed E-state index contributed by atoms with van der Waals surface area (Å²) in [6, 6.07) is 9.35. The number of benzene rings is 2. The minimum Gasteiger partial charge on any atom is -0.497 e. The fraction of sp³-hybridized carbons (Fsp3) is 0.320. The number of nitrogens with one attached hydrogen (secondary N) is 4. The van der Waals surface area contributed by atoms with Crippen molar-refractivity contribution in [3.63, 3.8) is 0 Å². The van der Waals surface area contributed by atoms with Crippen LogP contribution in [0.4, 0.5) is 9.18 Å². The first-order valence-electron chi connectivity index (χ1n) is 12.0. The molecule has 1 heterocycles. The van der Waals surface area contributed by atoms with Crippen LogP contribution in [0, 0.1) is 11.7 Å². The predicted octanol–water partition coefficient (Wildman–Crippen LogP) is 2.73. The molecule has 11 nitrogen and oxygen atoms in total. The third-order valence-electron chi connectivity index (χ3n) is 6.23. The number of carbonyl (C=O) groups is 2. The van der Waals surface area contributed by atoms with Gasteiger partial charge in [-0.25, -0.2) is 22.6 Å². The second kappa shape index (κ2) is 12.0. The Morgan fingerprint density at radius 2 is 1.92 bits per heavy atom. The van der Waals surface area contributed by atoms with E-state index in [1.807, 2.05) is 22.4 Å². The maximum atomic E-state index is 14.5. The van der Waals surface area contributed by atoms with E-state index in [4.69, 9.17) is 16.3 Å². The summed E-state index contributed by atoms with van der Waals surface area (Å²) in [4.78, 5) is 30.9. The first-order valence-corrected chi connectivity index (χ1v) is 14.0. The lowest BCUT2D eigenvalue weighted by Gasteiger charge is -2.35. The molecule has 0 saturated heterocycles. The topological polar surface area (TPSA) is 143 Å². The van der Waals surface area contributed by atoms with Gasteiger partial charge in [-0.15, -0.1) is 4.83 Å². The zero-order chi connectivity index (χ0) is 28.2. The van der Waals surface area contributed by atoms with Gasteiger partial charge in [-0.2, -0.15) is 0 Å². The van der Waals surface area contributed by atoms with Crippen LogP contribution in [0.15, 0.2) is 48.9 Å². The summed E-state index contributed by atoms with van der Waals surface area (Å²) >= 11 is 5.95. The molecule has 1 saturated carbocycles. The van der Waals surface area contributed by atoms with E-state index < -0.39 is 27.3 Å². The number of amides is 3. The Labute approximate surface area is 230 Å². The molecule has 2 aromatic carbocycles. The van der Waals surface area contributed by atoms with Gasteiger partial charge in [0, 0.05) is 31.4 Å². The maximum Gasteiger partial charge on any atom is 0.315 e. The van der Waals surface area contributed by atoms with Crippen LogP contribution in [0.25, 0.3) is 11.3 Å². The van der Waals surface area contributed by atoms with Gasteiger partial charge in [0.2, 0.25) is 10.0 Å². The van der Waals surface area contributed by atoms with Crippen molar-refractivity contribution in [3.8, 4) is 17.0 Å². The van der Waals surface area contributed by atoms with Crippen LogP contribution < -0.4 is 25.6 Å². The number of halogens is 2. The molecule has 0 radical (unpaired) electrons. The van der Waals surface area contributed by atoms with E-state index in [1.54, 1.807) is 37.1 Å². The van der Waals surface area contributed by atoms with Crippen LogP contribution in [-0.4, -0.2) is 48.8 Å². The van der Waals surface area contributed by atoms with Crippen molar-refractivity contribution in [1.82, 2.24) is 30.4 Å². The van der Waals surface area contributed by atoms with Crippen LogP contribution in [0.5, 0.6) is 5.75 Å². The van der Waals surface area contributed by atoms with Crippen LogP contribution in [0.3, 0.4) is 0 Å². The van der Waals surface area contributed by atoms with Gasteiger partial charge in [-0.3, -0.25) is 10.2 Å². The molecular formula is C25H28ClFN6O5S. The summed E-state index contributed by atoms with van der Waals surface area (Å²) in [7, 11) is -0.594. The number of hydrazine groups is 1. The molecule has 4 rings (SSSR count). The fourth-order valence-electron chi connectivity index (χ4n) is 4.16. The zero-order valence-electron chi connectivity index (χ0n) is 21.2. The van der Waals surface area contributed by atoms with Gasteiger partial charge >= 0.3 is 6.03 Å². The van der Waals surface area contributed by atoms with Crippen LogP contribution in [0.2, 0.25) is 5.02 Å². The number of ether oxygens (including phenoxy) is 1. The Hall–Kier alpha value is -3.68. The number of rotatable bonds is 10. The standard InChI is InChI=1S/C25H28ClFN6O5S/c1-33-12-22(29-14-33)17-9-20(23(27)21(26)10-17)24(34)31-32-39(36,37)13-16-7-18(8-16)30-25(35)28-11-15-3-5-19(38-2)6-4-15/h3-6,9-10,12,14,16,18,32H,7-8,11,13H2,1-2H3,(H,31,34)(H2,28,30,35)/t16-,18+. The number of aryl methyl sites for hydroxylation is 1. The van der Waals surface area contributed by atoms with Gasteiger partial charge in [0.25, 0.3) is 5.91 Å². The summed E-state index contributed by atoms with van der Waals surface area (Å²) in [5, 5.41) is 5.27. The van der Waals surface area contributed by atoms with Crippen molar-refractivity contribution in [3.05, 3.63) is 70.9 Å². The molecule has 39 heavy (non-hydrogen) atoms. The number of urea groups is 1. The number of nitrogens with zero attached hydrogens (tertiary/aromatic N) is 2. The summed E-state index contributed by atoms with van der Waals surface area (Å²) in [6.07, 6.45) is 4.12. The lowest BCUT2D eigenvalue weighted by Crippen LogP contribution is -2.51. The molecular weight excluding hydrogens is 551 g/mol. The number of sulfonamides is 1. The van der Waals surface area contributed by atoms with Gasteiger partial charge in [0.15, 0.2) is 5.82 Å². The second-order valence-corrected chi connectivity index (χ2v) is 11.5. The van der Waals surface area contributed by atoms with E-state index in [1.165, 1.54) is 18.5 Å². The molecule has 1 aromatic heterocycles. The molecule has 1 fully saturated rings. The van der Waals surface area contributed by atoms with Crippen molar-refractivity contribution < 1.29 is 27.1 Å². The Balaban J connectivity index is 1.22. The van der Waals surface area contributed by atoms with Gasteiger partial charge in [-0.1, -0.05) is 23.7 Å². The van der Waals surface area contributed by atoms with Crippen molar-refractivity contribution in [2.45, 2.75) is 25.4 Å². The third kappa shape index (κ3) is 7.46. The second-order valence-electron chi connectivity index (χ2n) is 9.29. The number of imidazole rings is 1. The molecule has 3 aromatic rings. The number of methoxy groups -OCH3 is 1. The summed E-state index contributed by atoms with van der Waals surface area (Å²) in [5.74, 6) is -1.75. The summed E-state index contributed by atoms with van der Waals surface area (Å²) < 4.78 is 46.3. The van der Waals surface area contributed by atoms with Gasteiger partial charge in [0.1, 0.15) is 5.75 Å². The Morgan fingerprint density at radius 3 is 2.56 bits per heavy atom. The lowest BCUT2D eigenvalue weighted by atomic mass is 9.82. The van der Waals surface area contributed by atoms with E-state index in [2.05, 4.69) is 15.6 Å². The number of carbonyl (C=O) groups excluding carboxylic acids is 2. The average molecular weight is 579 g/mol. The smallest absolute Gasteiger partial charge is 0.315 e. The molecule has 1 aliphatic rings. The minimum atomic E-state index is -3.92. The highest BCUT2D eigenvalue weighted by Gasteiger charge is 2.34. The molecule has 0 spiro atoms. The van der Waals surface area contributed by atoms with E-state index in [0.717, 1.165) is 11.3 Å². The molecule has 0 atom stereocenters. The Bertz CT molecular complexity index is 1460. The van der Waals surface area contributed by atoms with E-state index >= 15 is 0 Å². The van der Waals surface area contributed by atoms with Crippen molar-refractivity contribution in [2.24, 2.45) is 13.0 Å². The van der Waals surface area contributed by atoms with Gasteiger partial charge < -0.3 is 19.9 Å². The monoisotopic (exact) mass is 578 g/mol. The van der Waals surface area contributed by atoms with E-state index in [-0.39, 0.29) is 28.8 Å². The largest absolute Gasteiger partial charge is 0.497 e. The molecule has 0 bridgehead atoms. The SMILES string of the molecule is COc1ccc(CNC(=O)N[C@H]2C[C@@H](CS(=O)(=O)NNC(=O)c3cc(-c4cn(C)cn4)cc(Cl)c3F)C2)cc1. The number of hydrogen-bond donors (Lipinski definition) is 4. The third-order valence-corrected chi connectivity index (χ3v) is 7.83. The highest BCUT2D eigenvalue weighted by Crippen LogP contribution is 2.29. The van der Waals surface area contributed by atoms with E-state index in [9.17, 15) is 22.4 Å². The molecule has 14 heteroatoms. The van der Waals surface area contributed by atoms with Crippen molar-refractivity contribution >= 4 is 33.6 Å². The average Bonchev–Trinajstić information content (AvgIpc) is 3.32. The normalized spacial score (nSPS) is 16.7. The highest BCUT2D eigenvalue weighted by atomic mass is 35.5. The molecule has 0 aliphatic heterocycles. The van der Waals surface area contributed by atoms with Crippen molar-refractivity contribution in [2.75, 3.05) is 12.9 Å². The molecule has 1 aliphatic carbocycles. The quantitative estimate of drug-likeness (QED) is 0.272. The van der Waals surface area contributed by atoms with Crippen molar-refractivity contribution in [1.29, 1.82) is 0 Å². The first kappa shape index (κ1) is 28.3. The molecule has 208 valence electrons. The van der Waals surface area contributed by atoms with Crippen LogP contribution in [0.1, 0.15) is 28.8 Å². The Kier molecular flexibility index (Phi) is 8.73. The van der Waals surface area contributed by atoms with E-state index in [0.29, 0.717) is 30.6 Å². The molecule has 3 amide bonds. The van der Waals surface area contributed by atoms with Crippen LogP contribution in [-0.2, 0) is 23.6 Å².